The number of hydrogen-bond acceptors (Lipinski definition) is 1. The molecule has 1 nitrogen and oxygen atoms in total. The Balaban J connectivity index is 1.89. The van der Waals surface area contributed by atoms with Crippen molar-refractivity contribution in [3.63, 3.8) is 0 Å². The van der Waals surface area contributed by atoms with Crippen LogP contribution in [0.3, 0.4) is 0 Å². The lowest BCUT2D eigenvalue weighted by molar-refractivity contribution is -0.208. The van der Waals surface area contributed by atoms with Crippen LogP contribution in [0.15, 0.2) is 0 Å². The van der Waals surface area contributed by atoms with Gasteiger partial charge >= 0.3 is 6.61 Å². The Morgan fingerprint density at radius 1 is 0.789 bits per heavy atom. The summed E-state index contributed by atoms with van der Waals surface area (Å²) in [6.07, 6.45) is -3.66. The minimum Gasteiger partial charge on any atom is -0.313 e. The van der Waals surface area contributed by atoms with Crippen molar-refractivity contribution in [2.45, 2.75) is 69.8 Å². The van der Waals surface area contributed by atoms with Crippen molar-refractivity contribution in [2.75, 3.05) is 0 Å². The quantitative estimate of drug-likeness (QED) is 0.706. The zero-order valence-corrected chi connectivity index (χ0v) is 10.6. The van der Waals surface area contributed by atoms with Gasteiger partial charge in [-0.15, -0.1) is 0 Å². The molecule has 0 aromatic carbocycles. The van der Waals surface area contributed by atoms with Gasteiger partial charge in [0, 0.05) is 0 Å². The van der Waals surface area contributed by atoms with Gasteiger partial charge < -0.3 is 4.74 Å². The SMILES string of the molecule is FC1CCC(C2CC(F)C(OC(F)F)C(F)C2)CC1. The van der Waals surface area contributed by atoms with E-state index in [9.17, 15) is 22.0 Å². The smallest absolute Gasteiger partial charge is 0.313 e. The van der Waals surface area contributed by atoms with Crippen LogP contribution in [-0.4, -0.2) is 31.2 Å². The van der Waals surface area contributed by atoms with Crippen molar-refractivity contribution in [1.29, 1.82) is 0 Å². The van der Waals surface area contributed by atoms with Gasteiger partial charge in [0.05, 0.1) is 0 Å². The Kier molecular flexibility index (Phi) is 5.03. The summed E-state index contributed by atoms with van der Waals surface area (Å²) < 4.78 is 68.7. The van der Waals surface area contributed by atoms with Crippen molar-refractivity contribution in [2.24, 2.45) is 11.8 Å². The van der Waals surface area contributed by atoms with Crippen molar-refractivity contribution in [3.05, 3.63) is 0 Å². The van der Waals surface area contributed by atoms with Gasteiger partial charge in [0.1, 0.15) is 24.6 Å². The molecule has 0 aromatic rings. The second-order valence-electron chi connectivity index (χ2n) is 5.64. The second kappa shape index (κ2) is 6.37. The average Bonchev–Trinajstić information content (AvgIpc) is 2.34. The van der Waals surface area contributed by atoms with Crippen LogP contribution >= 0.6 is 0 Å². The molecule has 0 radical (unpaired) electrons. The highest BCUT2D eigenvalue weighted by molar-refractivity contribution is 4.91. The van der Waals surface area contributed by atoms with Gasteiger partial charge in [-0.3, -0.25) is 0 Å². The van der Waals surface area contributed by atoms with E-state index >= 15 is 0 Å². The highest BCUT2D eigenvalue weighted by Gasteiger charge is 2.43. The third kappa shape index (κ3) is 3.80. The van der Waals surface area contributed by atoms with Crippen LogP contribution < -0.4 is 0 Å². The molecule has 6 heteroatoms. The topological polar surface area (TPSA) is 9.23 Å². The van der Waals surface area contributed by atoms with E-state index in [1.54, 1.807) is 0 Å². The Hall–Kier alpha value is -0.390. The van der Waals surface area contributed by atoms with E-state index in [0.29, 0.717) is 25.7 Å². The number of rotatable bonds is 3. The van der Waals surface area contributed by atoms with Crippen LogP contribution in [0.25, 0.3) is 0 Å². The summed E-state index contributed by atoms with van der Waals surface area (Å²) in [6, 6.07) is 0. The lowest BCUT2D eigenvalue weighted by Gasteiger charge is -2.39. The van der Waals surface area contributed by atoms with Gasteiger partial charge in [-0.05, 0) is 50.4 Å². The molecule has 112 valence electrons. The molecule has 0 bridgehead atoms. The molecule has 0 saturated heterocycles. The molecule has 2 aliphatic carbocycles. The lowest BCUT2D eigenvalue weighted by atomic mass is 9.71. The van der Waals surface area contributed by atoms with E-state index in [1.165, 1.54) is 0 Å². The van der Waals surface area contributed by atoms with Gasteiger partial charge in [0.2, 0.25) is 0 Å². The summed E-state index contributed by atoms with van der Waals surface area (Å²) in [4.78, 5) is 0. The van der Waals surface area contributed by atoms with Gasteiger partial charge in [0.15, 0.2) is 0 Å². The Labute approximate surface area is 109 Å². The average molecular weight is 286 g/mol. The standard InChI is InChI=1S/C13H19F5O/c14-9-3-1-7(2-4-9)8-5-10(15)12(11(16)6-8)19-13(17)18/h7-13H,1-6H2. The van der Waals surface area contributed by atoms with Gasteiger partial charge in [-0.25, -0.2) is 13.2 Å². The van der Waals surface area contributed by atoms with Crippen molar-refractivity contribution in [3.8, 4) is 0 Å². The summed E-state index contributed by atoms with van der Waals surface area (Å²) in [7, 11) is 0. The molecule has 2 atom stereocenters. The van der Waals surface area contributed by atoms with E-state index < -0.39 is 31.2 Å². The number of alkyl halides is 5. The number of ether oxygens (including phenoxy) is 1. The molecule has 0 N–H and O–H groups in total. The highest BCUT2D eigenvalue weighted by atomic mass is 19.3. The molecule has 0 aliphatic heterocycles. The first kappa shape index (κ1) is 15.0. The molecule has 0 amide bonds. The molecule has 19 heavy (non-hydrogen) atoms. The minimum absolute atomic E-state index is 0.0411. The Bertz CT molecular complexity index is 268. The lowest BCUT2D eigenvalue weighted by Crippen LogP contribution is -2.45. The van der Waals surface area contributed by atoms with E-state index in [1.807, 2.05) is 0 Å². The van der Waals surface area contributed by atoms with E-state index in [4.69, 9.17) is 0 Å². The van der Waals surface area contributed by atoms with Crippen molar-refractivity contribution >= 4 is 0 Å². The summed E-state index contributed by atoms with van der Waals surface area (Å²) in [5.74, 6) is -0.0778. The van der Waals surface area contributed by atoms with E-state index in [2.05, 4.69) is 4.74 Å². The van der Waals surface area contributed by atoms with Crippen LogP contribution in [-0.2, 0) is 4.74 Å². The predicted molar refractivity (Wildman–Crippen MR) is 60.2 cm³/mol. The largest absolute Gasteiger partial charge is 0.345 e. The zero-order valence-electron chi connectivity index (χ0n) is 10.6. The monoisotopic (exact) mass is 286 g/mol. The molecule has 0 heterocycles. The Morgan fingerprint density at radius 3 is 1.79 bits per heavy atom. The van der Waals surface area contributed by atoms with Gasteiger partial charge in [0.25, 0.3) is 0 Å². The molecule has 2 rings (SSSR count). The maximum absolute atomic E-state index is 13.8. The molecule has 0 aromatic heterocycles. The first-order chi connectivity index (χ1) is 8.97. The summed E-state index contributed by atoms with van der Waals surface area (Å²) in [6.45, 7) is -3.15. The summed E-state index contributed by atoms with van der Waals surface area (Å²) >= 11 is 0. The Morgan fingerprint density at radius 2 is 1.32 bits per heavy atom. The van der Waals surface area contributed by atoms with Crippen LogP contribution in [0.4, 0.5) is 22.0 Å². The minimum atomic E-state index is -3.15. The van der Waals surface area contributed by atoms with Crippen LogP contribution in [0.1, 0.15) is 38.5 Å². The molecule has 0 spiro atoms. The number of hydrogen-bond donors (Lipinski definition) is 0. The van der Waals surface area contributed by atoms with Gasteiger partial charge in [-0.2, -0.15) is 8.78 Å². The van der Waals surface area contributed by atoms with E-state index in [-0.39, 0.29) is 24.7 Å². The fourth-order valence-electron chi connectivity index (χ4n) is 3.39. The highest BCUT2D eigenvalue weighted by Crippen LogP contribution is 2.41. The van der Waals surface area contributed by atoms with Gasteiger partial charge in [-0.1, -0.05) is 0 Å². The summed E-state index contributed by atoms with van der Waals surface area (Å²) in [5.41, 5.74) is 0. The van der Waals surface area contributed by atoms with Crippen LogP contribution in [0.2, 0.25) is 0 Å². The molecule has 2 saturated carbocycles. The van der Waals surface area contributed by atoms with E-state index in [0.717, 1.165) is 0 Å². The van der Waals surface area contributed by atoms with Crippen molar-refractivity contribution < 1.29 is 26.7 Å². The molecular weight excluding hydrogens is 267 g/mol. The molecular formula is C13H19F5O. The van der Waals surface area contributed by atoms with Crippen LogP contribution in [0, 0.1) is 11.8 Å². The fourth-order valence-corrected chi connectivity index (χ4v) is 3.39. The molecule has 2 unspecified atom stereocenters. The predicted octanol–water partition coefficient (Wildman–Crippen LogP) is 4.21. The zero-order chi connectivity index (χ0) is 14.0. The fraction of sp³-hybridized carbons (Fsp3) is 1.00. The maximum atomic E-state index is 13.8. The molecule has 2 aliphatic rings. The normalized spacial score (nSPS) is 44.5. The second-order valence-corrected chi connectivity index (χ2v) is 5.64. The molecule has 2 fully saturated rings. The number of halogens is 5. The summed E-state index contributed by atoms with van der Waals surface area (Å²) in [5, 5.41) is 0. The van der Waals surface area contributed by atoms with Crippen molar-refractivity contribution in [1.82, 2.24) is 0 Å². The first-order valence-corrected chi connectivity index (χ1v) is 6.83. The first-order valence-electron chi connectivity index (χ1n) is 6.83. The third-order valence-corrected chi connectivity index (χ3v) is 4.40. The third-order valence-electron chi connectivity index (χ3n) is 4.40. The van der Waals surface area contributed by atoms with Crippen LogP contribution in [0.5, 0.6) is 0 Å². The maximum Gasteiger partial charge on any atom is 0.345 e.